The van der Waals surface area contributed by atoms with E-state index in [4.69, 9.17) is 4.74 Å². The fourth-order valence-corrected chi connectivity index (χ4v) is 5.64. The van der Waals surface area contributed by atoms with Gasteiger partial charge in [0.05, 0.1) is 11.7 Å². The number of benzene rings is 3. The topological polar surface area (TPSA) is 78.9 Å². The molecule has 0 radical (unpaired) electrons. The van der Waals surface area contributed by atoms with E-state index in [1.807, 2.05) is 75.4 Å². The molecule has 0 fully saturated rings. The van der Waals surface area contributed by atoms with Gasteiger partial charge in [0, 0.05) is 23.6 Å². The number of ketones is 1. The van der Waals surface area contributed by atoms with Gasteiger partial charge in [0.25, 0.3) is 0 Å². The van der Waals surface area contributed by atoms with Crippen LogP contribution in [0.25, 0.3) is 0 Å². The third-order valence-corrected chi connectivity index (χ3v) is 7.52. The molecule has 2 aliphatic rings. The number of phenols is 1. The van der Waals surface area contributed by atoms with E-state index in [2.05, 4.69) is 19.2 Å². The number of carbonyl (C=O) groups excluding carboxylic acids is 2. The van der Waals surface area contributed by atoms with Gasteiger partial charge in [-0.1, -0.05) is 70.2 Å². The van der Waals surface area contributed by atoms with E-state index < -0.39 is 6.04 Å². The number of aromatic hydroxyl groups is 1. The number of carbonyl (C=O) groups is 2. The number of hydrogen-bond donors (Lipinski definition) is 2. The first-order valence-electron chi connectivity index (χ1n) is 13.5. The highest BCUT2D eigenvalue weighted by Crippen LogP contribution is 2.51. The van der Waals surface area contributed by atoms with Crippen molar-refractivity contribution < 1.29 is 19.4 Å². The highest BCUT2D eigenvalue weighted by molar-refractivity contribution is 6.07. The van der Waals surface area contributed by atoms with Crippen LogP contribution >= 0.6 is 0 Å². The van der Waals surface area contributed by atoms with Gasteiger partial charge in [-0.05, 0) is 59.7 Å². The molecule has 0 bridgehead atoms. The zero-order valence-corrected chi connectivity index (χ0v) is 23.2. The molecule has 2 N–H and O–H groups in total. The molecule has 0 aromatic heterocycles. The van der Waals surface area contributed by atoms with E-state index in [9.17, 15) is 14.7 Å². The minimum absolute atomic E-state index is 0.0106. The molecule has 1 heterocycles. The lowest BCUT2D eigenvalue weighted by Crippen LogP contribution is -2.41. The van der Waals surface area contributed by atoms with E-state index in [0.717, 1.165) is 28.1 Å². The van der Waals surface area contributed by atoms with Crippen LogP contribution in [0, 0.1) is 18.3 Å². The van der Waals surface area contributed by atoms with Gasteiger partial charge in [-0.3, -0.25) is 14.5 Å². The zero-order valence-electron chi connectivity index (χ0n) is 23.2. The molecule has 6 nitrogen and oxygen atoms in total. The second-order valence-corrected chi connectivity index (χ2v) is 11.7. The lowest BCUT2D eigenvalue weighted by atomic mass is 9.73. The summed E-state index contributed by atoms with van der Waals surface area (Å²) in [7, 11) is 0. The zero-order chi connectivity index (χ0) is 27.9. The third-order valence-electron chi connectivity index (χ3n) is 7.52. The summed E-state index contributed by atoms with van der Waals surface area (Å²) in [5.41, 5.74) is 4.94. The van der Waals surface area contributed by atoms with Gasteiger partial charge in [0.15, 0.2) is 5.78 Å². The van der Waals surface area contributed by atoms with Crippen LogP contribution in [0.5, 0.6) is 11.5 Å². The standard InChI is InChI=1S/C33H36N2O4/c1-20(2)32(38)35-26-12-9-13-27(36)30(26)34-25-17-33(4,5)18-28(37)29(25)31(35)24-15-14-23(16-21(24)3)39-19-22-10-7-6-8-11-22/h6-16,20,31,34,36H,17-19H2,1-5H3. The summed E-state index contributed by atoms with van der Waals surface area (Å²) in [6, 6.07) is 20.3. The van der Waals surface area contributed by atoms with Crippen LogP contribution in [-0.4, -0.2) is 16.8 Å². The third kappa shape index (κ3) is 5.16. The number of anilines is 2. The van der Waals surface area contributed by atoms with Crippen LogP contribution in [0.3, 0.4) is 0 Å². The number of nitrogens with one attached hydrogen (secondary N) is 1. The first-order chi connectivity index (χ1) is 18.6. The fourth-order valence-electron chi connectivity index (χ4n) is 5.64. The lowest BCUT2D eigenvalue weighted by Gasteiger charge is -2.38. The van der Waals surface area contributed by atoms with Gasteiger partial charge in [-0.25, -0.2) is 0 Å². The Balaban J connectivity index is 1.66. The molecule has 5 rings (SSSR count). The van der Waals surface area contributed by atoms with Crippen molar-refractivity contribution >= 4 is 23.1 Å². The Hall–Kier alpha value is -4.06. The highest BCUT2D eigenvalue weighted by atomic mass is 16.5. The summed E-state index contributed by atoms with van der Waals surface area (Å²) in [5, 5.41) is 14.3. The van der Waals surface area contributed by atoms with Gasteiger partial charge in [-0.2, -0.15) is 0 Å². The smallest absolute Gasteiger partial charge is 0.230 e. The van der Waals surface area contributed by atoms with Crippen LogP contribution in [-0.2, 0) is 16.2 Å². The van der Waals surface area contributed by atoms with E-state index in [0.29, 0.717) is 36.4 Å². The lowest BCUT2D eigenvalue weighted by molar-refractivity contribution is -0.122. The molecule has 1 atom stereocenters. The Kier molecular flexibility index (Phi) is 6.98. The normalized spacial score (nSPS) is 18.3. The quantitative estimate of drug-likeness (QED) is 0.349. The number of rotatable bonds is 5. The Labute approximate surface area is 230 Å². The Morgan fingerprint density at radius 3 is 2.51 bits per heavy atom. The van der Waals surface area contributed by atoms with Crippen LogP contribution in [0.1, 0.15) is 63.3 Å². The Bertz CT molecular complexity index is 1460. The summed E-state index contributed by atoms with van der Waals surface area (Å²) >= 11 is 0. The van der Waals surface area contributed by atoms with E-state index in [-0.39, 0.29) is 28.8 Å². The summed E-state index contributed by atoms with van der Waals surface area (Å²) in [4.78, 5) is 29.5. The number of aryl methyl sites for hydroxylation is 1. The molecule has 1 aliphatic heterocycles. The average Bonchev–Trinajstić information content (AvgIpc) is 3.02. The molecule has 1 aliphatic carbocycles. The molecule has 0 spiro atoms. The summed E-state index contributed by atoms with van der Waals surface area (Å²) < 4.78 is 6.07. The minimum Gasteiger partial charge on any atom is -0.506 e. The second-order valence-electron chi connectivity index (χ2n) is 11.7. The number of fused-ring (bicyclic) bond motifs is 1. The van der Waals surface area contributed by atoms with Crippen molar-refractivity contribution in [2.24, 2.45) is 11.3 Å². The molecule has 0 saturated heterocycles. The summed E-state index contributed by atoms with van der Waals surface area (Å²) in [5.74, 6) is 0.324. The SMILES string of the molecule is Cc1cc(OCc2ccccc2)ccc1C1C2=C(CC(C)(C)CC2=O)Nc2c(O)cccc2N1C(=O)C(C)C. The molecule has 3 aromatic carbocycles. The van der Waals surface area contributed by atoms with E-state index >= 15 is 0 Å². The molecule has 1 unspecified atom stereocenters. The van der Waals surface area contributed by atoms with Crippen LogP contribution in [0.15, 0.2) is 78.0 Å². The predicted molar refractivity (Wildman–Crippen MR) is 154 cm³/mol. The number of ether oxygens (including phenoxy) is 1. The van der Waals surface area contributed by atoms with Gasteiger partial charge in [0.2, 0.25) is 5.91 Å². The molecule has 202 valence electrons. The van der Waals surface area contributed by atoms with Crippen molar-refractivity contribution in [3.8, 4) is 11.5 Å². The number of amides is 1. The van der Waals surface area contributed by atoms with Crippen LogP contribution in [0.4, 0.5) is 11.4 Å². The van der Waals surface area contributed by atoms with Crippen molar-refractivity contribution in [2.75, 3.05) is 10.2 Å². The number of Topliss-reactive ketones (excluding diaryl/α,β-unsaturated/α-hetero) is 1. The van der Waals surface area contributed by atoms with Crippen molar-refractivity contribution in [3.05, 3.63) is 94.7 Å². The summed E-state index contributed by atoms with van der Waals surface area (Å²) in [6.45, 7) is 10.3. The van der Waals surface area contributed by atoms with Gasteiger partial charge >= 0.3 is 0 Å². The first-order valence-corrected chi connectivity index (χ1v) is 13.5. The Morgan fingerprint density at radius 1 is 1.08 bits per heavy atom. The molecule has 1 amide bonds. The highest BCUT2D eigenvalue weighted by Gasteiger charge is 2.44. The van der Waals surface area contributed by atoms with Crippen LogP contribution < -0.4 is 15.0 Å². The van der Waals surface area contributed by atoms with Crippen LogP contribution in [0.2, 0.25) is 0 Å². The van der Waals surface area contributed by atoms with E-state index in [1.165, 1.54) is 0 Å². The molecule has 6 heteroatoms. The number of nitrogens with zero attached hydrogens (tertiary/aromatic N) is 1. The predicted octanol–water partition coefficient (Wildman–Crippen LogP) is 7.08. The first kappa shape index (κ1) is 26.5. The minimum atomic E-state index is -0.641. The number of phenolic OH excluding ortho intramolecular Hbond substituents is 1. The van der Waals surface area contributed by atoms with Gasteiger partial charge in [-0.15, -0.1) is 0 Å². The molecular weight excluding hydrogens is 488 g/mol. The number of hydrogen-bond acceptors (Lipinski definition) is 5. The van der Waals surface area contributed by atoms with E-state index in [1.54, 1.807) is 17.0 Å². The van der Waals surface area contributed by atoms with Gasteiger partial charge in [0.1, 0.15) is 23.8 Å². The molecule has 0 saturated carbocycles. The Morgan fingerprint density at radius 2 is 1.82 bits per heavy atom. The second kappa shape index (κ2) is 10.3. The fraction of sp³-hybridized carbons (Fsp3) is 0.333. The monoisotopic (exact) mass is 524 g/mol. The summed E-state index contributed by atoms with van der Waals surface area (Å²) in [6.07, 6.45) is 1.01. The maximum atomic E-state index is 13.9. The molecule has 39 heavy (non-hydrogen) atoms. The molecule has 3 aromatic rings. The van der Waals surface area contributed by atoms with Crippen molar-refractivity contribution in [3.63, 3.8) is 0 Å². The van der Waals surface area contributed by atoms with Crippen molar-refractivity contribution in [1.29, 1.82) is 0 Å². The largest absolute Gasteiger partial charge is 0.506 e. The maximum absolute atomic E-state index is 13.9. The van der Waals surface area contributed by atoms with Crippen molar-refractivity contribution in [1.82, 2.24) is 0 Å². The van der Waals surface area contributed by atoms with Gasteiger partial charge < -0.3 is 15.2 Å². The molecular formula is C33H36N2O4. The average molecular weight is 525 g/mol. The number of para-hydroxylation sites is 1. The van der Waals surface area contributed by atoms with Crippen molar-refractivity contribution in [2.45, 2.75) is 60.1 Å². The number of allylic oxidation sites excluding steroid dienone is 1. The maximum Gasteiger partial charge on any atom is 0.230 e.